The van der Waals surface area contributed by atoms with Crippen LogP contribution in [0.25, 0.3) is 0 Å². The average Bonchev–Trinajstić information content (AvgIpc) is 2.54. The number of hydrogen-bond donors (Lipinski definition) is 1. The molecule has 18 heavy (non-hydrogen) atoms. The lowest BCUT2D eigenvalue weighted by Gasteiger charge is -2.29. The van der Waals surface area contributed by atoms with E-state index in [9.17, 15) is 0 Å². The largest absolute Gasteiger partial charge is 0.496 e. The van der Waals surface area contributed by atoms with Crippen LogP contribution in [0.5, 0.6) is 5.75 Å². The van der Waals surface area contributed by atoms with Crippen LogP contribution in [-0.4, -0.2) is 19.2 Å². The van der Waals surface area contributed by atoms with Crippen LogP contribution in [0.3, 0.4) is 0 Å². The van der Waals surface area contributed by atoms with Gasteiger partial charge in [0.15, 0.2) is 0 Å². The molecule has 0 aromatic heterocycles. The topological polar surface area (TPSA) is 21.3 Å². The number of halogens is 1. The van der Waals surface area contributed by atoms with Gasteiger partial charge in [-0.2, -0.15) is 0 Å². The van der Waals surface area contributed by atoms with E-state index >= 15 is 0 Å². The van der Waals surface area contributed by atoms with Crippen LogP contribution in [0.1, 0.15) is 38.2 Å². The maximum atomic E-state index is 5.27. The third kappa shape index (κ3) is 3.48. The summed E-state index contributed by atoms with van der Waals surface area (Å²) in [6, 6.07) is 6.39. The van der Waals surface area contributed by atoms with E-state index in [-0.39, 0.29) is 5.54 Å². The van der Waals surface area contributed by atoms with Gasteiger partial charge in [0.05, 0.1) is 11.6 Å². The summed E-state index contributed by atoms with van der Waals surface area (Å²) in [5.74, 6) is 0.901. The third-order valence-corrected chi connectivity index (χ3v) is 4.39. The quantitative estimate of drug-likeness (QED) is 0.913. The molecule has 1 aliphatic heterocycles. The highest BCUT2D eigenvalue weighted by Crippen LogP contribution is 2.29. The molecule has 1 heterocycles. The molecule has 0 spiro atoms. The summed E-state index contributed by atoms with van der Waals surface area (Å²) in [6.07, 6.45) is 6.34. The van der Waals surface area contributed by atoms with Gasteiger partial charge in [-0.1, -0.05) is 18.9 Å². The first kappa shape index (κ1) is 13.9. The second kappa shape index (κ2) is 6.07. The van der Waals surface area contributed by atoms with Gasteiger partial charge in [0.2, 0.25) is 0 Å². The molecule has 0 radical (unpaired) electrons. The fourth-order valence-corrected chi connectivity index (χ4v) is 3.30. The van der Waals surface area contributed by atoms with Gasteiger partial charge < -0.3 is 10.1 Å². The molecule has 3 heteroatoms. The van der Waals surface area contributed by atoms with Gasteiger partial charge in [-0.15, -0.1) is 0 Å². The van der Waals surface area contributed by atoms with Crippen molar-refractivity contribution >= 4 is 15.9 Å². The molecule has 1 atom stereocenters. The lowest BCUT2D eigenvalue weighted by atomic mass is 9.88. The molecular formula is C15H22BrNO. The van der Waals surface area contributed by atoms with E-state index in [1.165, 1.54) is 31.2 Å². The molecular weight excluding hydrogens is 290 g/mol. The summed E-state index contributed by atoms with van der Waals surface area (Å²) in [5.41, 5.74) is 1.60. The molecule has 1 aliphatic rings. The van der Waals surface area contributed by atoms with E-state index in [2.05, 4.69) is 40.3 Å². The minimum Gasteiger partial charge on any atom is -0.496 e. The smallest absolute Gasteiger partial charge is 0.133 e. The highest BCUT2D eigenvalue weighted by Gasteiger charge is 2.25. The summed E-state index contributed by atoms with van der Waals surface area (Å²) >= 11 is 3.56. The number of nitrogens with one attached hydrogen (secondary N) is 1. The molecule has 2 rings (SSSR count). The van der Waals surface area contributed by atoms with Crippen molar-refractivity contribution in [1.29, 1.82) is 0 Å². The Balaban J connectivity index is 2.10. The normalized spacial score (nSPS) is 24.6. The SMILES string of the molecule is COc1ccc(CC2(C)CCCCCN2)cc1Br. The number of benzene rings is 1. The third-order valence-electron chi connectivity index (χ3n) is 3.77. The van der Waals surface area contributed by atoms with Crippen LogP contribution in [0.2, 0.25) is 0 Å². The Kier molecular flexibility index (Phi) is 4.68. The number of ether oxygens (including phenoxy) is 1. The maximum Gasteiger partial charge on any atom is 0.133 e. The molecule has 2 nitrogen and oxygen atoms in total. The molecule has 1 unspecified atom stereocenters. The zero-order valence-electron chi connectivity index (χ0n) is 11.3. The molecule has 100 valence electrons. The first-order valence-electron chi connectivity index (χ1n) is 6.70. The lowest BCUT2D eigenvalue weighted by molar-refractivity contribution is 0.345. The van der Waals surface area contributed by atoms with Crippen LogP contribution < -0.4 is 10.1 Å². The van der Waals surface area contributed by atoms with Crippen molar-refractivity contribution in [3.8, 4) is 5.75 Å². The highest BCUT2D eigenvalue weighted by molar-refractivity contribution is 9.10. The predicted molar refractivity (Wildman–Crippen MR) is 79.3 cm³/mol. The van der Waals surface area contributed by atoms with E-state index in [4.69, 9.17) is 4.74 Å². The maximum absolute atomic E-state index is 5.27. The standard InChI is InChI=1S/C15H22BrNO/c1-15(8-4-3-5-9-17-15)11-12-6-7-14(18-2)13(16)10-12/h6-7,10,17H,3-5,8-9,11H2,1-2H3. The van der Waals surface area contributed by atoms with Crippen molar-refractivity contribution in [2.24, 2.45) is 0 Å². The van der Waals surface area contributed by atoms with Crippen LogP contribution >= 0.6 is 15.9 Å². The fraction of sp³-hybridized carbons (Fsp3) is 0.600. The van der Waals surface area contributed by atoms with E-state index < -0.39 is 0 Å². The Morgan fingerprint density at radius 2 is 2.17 bits per heavy atom. The summed E-state index contributed by atoms with van der Waals surface area (Å²) in [7, 11) is 1.70. The van der Waals surface area contributed by atoms with Gasteiger partial charge in [0, 0.05) is 5.54 Å². The molecule has 0 amide bonds. The second-order valence-electron chi connectivity index (χ2n) is 5.44. The van der Waals surface area contributed by atoms with Crippen molar-refractivity contribution in [3.63, 3.8) is 0 Å². The molecule has 1 fully saturated rings. The first-order chi connectivity index (χ1) is 8.63. The Bertz CT molecular complexity index is 397. The zero-order valence-corrected chi connectivity index (χ0v) is 12.8. The summed E-state index contributed by atoms with van der Waals surface area (Å²) in [4.78, 5) is 0. The summed E-state index contributed by atoms with van der Waals surface area (Å²) < 4.78 is 6.31. The molecule has 0 saturated carbocycles. The minimum atomic E-state index is 0.241. The van der Waals surface area contributed by atoms with Gasteiger partial charge >= 0.3 is 0 Å². The van der Waals surface area contributed by atoms with E-state index in [0.29, 0.717) is 0 Å². The molecule has 1 aromatic carbocycles. The Labute approximate surface area is 118 Å². The van der Waals surface area contributed by atoms with E-state index in [1.54, 1.807) is 7.11 Å². The van der Waals surface area contributed by atoms with Crippen molar-refractivity contribution in [1.82, 2.24) is 5.32 Å². The predicted octanol–water partition coefficient (Wildman–Crippen LogP) is 3.92. The molecule has 0 bridgehead atoms. The van der Waals surface area contributed by atoms with Gasteiger partial charge in [-0.25, -0.2) is 0 Å². The lowest BCUT2D eigenvalue weighted by Crippen LogP contribution is -2.43. The Hall–Kier alpha value is -0.540. The average molecular weight is 312 g/mol. The monoisotopic (exact) mass is 311 g/mol. The zero-order chi connectivity index (χ0) is 13.0. The van der Waals surface area contributed by atoms with E-state index in [1.807, 2.05) is 6.07 Å². The van der Waals surface area contributed by atoms with Crippen LogP contribution in [0.4, 0.5) is 0 Å². The molecule has 1 N–H and O–H groups in total. The first-order valence-corrected chi connectivity index (χ1v) is 7.50. The highest BCUT2D eigenvalue weighted by atomic mass is 79.9. The van der Waals surface area contributed by atoms with E-state index in [0.717, 1.165) is 23.2 Å². The minimum absolute atomic E-state index is 0.241. The van der Waals surface area contributed by atoms with Crippen LogP contribution in [0.15, 0.2) is 22.7 Å². The summed E-state index contributed by atoms with van der Waals surface area (Å²) in [5, 5.41) is 3.71. The van der Waals surface area contributed by atoms with Crippen molar-refractivity contribution in [2.75, 3.05) is 13.7 Å². The van der Waals surface area contributed by atoms with Crippen molar-refractivity contribution in [2.45, 2.75) is 44.6 Å². The number of methoxy groups -OCH3 is 1. The Morgan fingerprint density at radius 3 is 2.89 bits per heavy atom. The van der Waals surface area contributed by atoms with Crippen LogP contribution in [-0.2, 0) is 6.42 Å². The van der Waals surface area contributed by atoms with Gasteiger partial charge in [-0.3, -0.25) is 0 Å². The van der Waals surface area contributed by atoms with Gasteiger partial charge in [-0.05, 0) is 66.4 Å². The van der Waals surface area contributed by atoms with Crippen molar-refractivity contribution in [3.05, 3.63) is 28.2 Å². The number of hydrogen-bond acceptors (Lipinski definition) is 2. The Morgan fingerprint density at radius 1 is 1.33 bits per heavy atom. The van der Waals surface area contributed by atoms with Crippen molar-refractivity contribution < 1.29 is 4.74 Å². The number of rotatable bonds is 3. The molecule has 1 aromatic rings. The summed E-state index contributed by atoms with van der Waals surface area (Å²) in [6.45, 7) is 3.49. The second-order valence-corrected chi connectivity index (χ2v) is 6.30. The van der Waals surface area contributed by atoms with Gasteiger partial charge in [0.25, 0.3) is 0 Å². The molecule has 0 aliphatic carbocycles. The van der Waals surface area contributed by atoms with Gasteiger partial charge in [0.1, 0.15) is 5.75 Å². The molecule has 1 saturated heterocycles. The van der Waals surface area contributed by atoms with Crippen LogP contribution in [0, 0.1) is 0 Å². The fourth-order valence-electron chi connectivity index (χ4n) is 2.72.